The molecular formula is C45H56N6O15S. The van der Waals surface area contributed by atoms with Crippen molar-refractivity contribution in [3.05, 3.63) is 23.0 Å². The number of fused-ring (bicyclic) bond motifs is 6. The maximum absolute atomic E-state index is 13.7. The fourth-order valence-electron chi connectivity index (χ4n) is 13.5. The van der Waals surface area contributed by atoms with Gasteiger partial charge < -0.3 is 52.1 Å². The summed E-state index contributed by atoms with van der Waals surface area (Å²) in [5, 5.41) is 80.6. The molecule has 8 bridgehead atoms. The number of aliphatic carboxylic acids is 6. The molecule has 14 atom stereocenters. The van der Waals surface area contributed by atoms with Crippen LogP contribution in [0.15, 0.2) is 38.0 Å². The molecule has 0 radical (unpaired) electrons. The van der Waals surface area contributed by atoms with Crippen LogP contribution in [0.25, 0.3) is 0 Å². The van der Waals surface area contributed by atoms with Crippen LogP contribution in [0, 0.1) is 52.3 Å². The third kappa shape index (κ3) is 7.99. The van der Waals surface area contributed by atoms with Gasteiger partial charge in [0.15, 0.2) is 0 Å². The molecule has 8 aliphatic rings. The molecule has 7 heterocycles. The number of aliphatic imine (C=N–C) groups is 3. The first kappa shape index (κ1) is 47.8. The monoisotopic (exact) mass is 952 g/mol. The summed E-state index contributed by atoms with van der Waals surface area (Å²) in [5.41, 5.74) is 1.07. The van der Waals surface area contributed by atoms with E-state index in [0.29, 0.717) is 11.4 Å². The van der Waals surface area contributed by atoms with Gasteiger partial charge in [0.1, 0.15) is 11.3 Å². The Kier molecular flexibility index (Phi) is 12.2. The van der Waals surface area contributed by atoms with Gasteiger partial charge in [-0.05, 0) is 37.7 Å². The Morgan fingerprint density at radius 1 is 0.836 bits per heavy atom. The van der Waals surface area contributed by atoms with E-state index >= 15 is 0 Å². The van der Waals surface area contributed by atoms with E-state index < -0.39 is 142 Å². The highest BCUT2D eigenvalue weighted by Gasteiger charge is 2.68. The van der Waals surface area contributed by atoms with Crippen LogP contribution >= 0.6 is 11.8 Å². The Bertz CT molecular complexity index is 2400. The molecular weight excluding hydrogens is 897 g/mol. The summed E-state index contributed by atoms with van der Waals surface area (Å²) < 4.78 is 0. The Morgan fingerprint density at radius 3 is 2.12 bits per heavy atom. The minimum atomic E-state index is -2.20. The second-order valence-corrected chi connectivity index (χ2v) is 21.4. The normalized spacial score (nSPS) is 40.1. The first-order valence-electron chi connectivity index (χ1n) is 22.7. The predicted molar refractivity (Wildman–Crippen MR) is 236 cm³/mol. The molecule has 1 aliphatic carbocycles. The quantitative estimate of drug-likeness (QED) is 0.106. The zero-order valence-electron chi connectivity index (χ0n) is 37.0. The van der Waals surface area contributed by atoms with Gasteiger partial charge in [-0.1, -0.05) is 13.8 Å². The number of thioether (sulfide) groups is 1. The predicted octanol–water partition coefficient (Wildman–Crippen LogP) is 1.92. The summed E-state index contributed by atoms with van der Waals surface area (Å²) in [6.07, 6.45) is -1.19. The number of allylic oxidation sites excluding steroid dienone is 3. The van der Waals surface area contributed by atoms with Gasteiger partial charge in [-0.15, -0.1) is 0 Å². The van der Waals surface area contributed by atoms with Crippen molar-refractivity contribution in [1.82, 2.24) is 10.6 Å². The molecule has 21 nitrogen and oxygen atoms in total. The van der Waals surface area contributed by atoms with Gasteiger partial charge in [0, 0.05) is 125 Å². The zero-order valence-corrected chi connectivity index (χ0v) is 37.8. The van der Waals surface area contributed by atoms with E-state index in [4.69, 9.17) is 20.7 Å². The number of carboxylic acid groups (broad SMARTS) is 6. The van der Waals surface area contributed by atoms with Gasteiger partial charge >= 0.3 is 35.8 Å². The summed E-state index contributed by atoms with van der Waals surface area (Å²) in [4.78, 5) is 118. The van der Waals surface area contributed by atoms with Crippen molar-refractivity contribution in [3.63, 3.8) is 0 Å². The van der Waals surface area contributed by atoms with Crippen LogP contribution in [0.5, 0.6) is 0 Å². The van der Waals surface area contributed by atoms with E-state index in [1.807, 2.05) is 6.92 Å². The molecule has 0 aromatic heterocycles. The van der Waals surface area contributed by atoms with Crippen molar-refractivity contribution in [2.24, 2.45) is 73.0 Å². The molecule has 11 unspecified atom stereocenters. The fourth-order valence-corrected chi connectivity index (χ4v) is 15.2. The molecule has 0 aromatic carbocycles. The lowest BCUT2D eigenvalue weighted by molar-refractivity contribution is -0.148. The van der Waals surface area contributed by atoms with Gasteiger partial charge in [-0.25, -0.2) is 0 Å². The van der Waals surface area contributed by atoms with Crippen molar-refractivity contribution in [2.75, 3.05) is 5.75 Å². The van der Waals surface area contributed by atoms with Crippen molar-refractivity contribution in [3.8, 4) is 0 Å². The number of hydrogen-bond donors (Lipinski definition) is 10. The number of hydrogen-bond acceptors (Lipinski definition) is 14. The number of amides is 2. The highest BCUT2D eigenvalue weighted by molar-refractivity contribution is 8.00. The Hall–Kier alpha value is -5.64. The van der Waals surface area contributed by atoms with Gasteiger partial charge in [-0.3, -0.25) is 53.3 Å². The number of primary amides is 1. The molecule has 1 saturated carbocycles. The average molecular weight is 953 g/mol. The van der Waals surface area contributed by atoms with Gasteiger partial charge in [0.05, 0.1) is 36.5 Å². The van der Waals surface area contributed by atoms with E-state index in [1.165, 1.54) is 11.8 Å². The molecule has 4 fully saturated rings. The third-order valence-electron chi connectivity index (χ3n) is 16.5. The lowest BCUT2D eigenvalue weighted by Crippen LogP contribution is -2.59. The van der Waals surface area contributed by atoms with Crippen LogP contribution < -0.4 is 16.4 Å². The highest BCUT2D eigenvalue weighted by atomic mass is 32.2. The van der Waals surface area contributed by atoms with E-state index in [9.17, 15) is 74.1 Å². The summed E-state index contributed by atoms with van der Waals surface area (Å²) in [5.74, 6) is -15.0. The molecule has 7 aliphatic heterocycles. The standard InChI is InChI=1S/C45H56N6O15S/c1-42(15-31(46)52)22(4-7-34(56)57)28-14-44-43(2,16-32(53)51-44)23(5-8-35(58)59)27(50-44)12-25-19(10-36(60)61)18(3-6-33(54)55)39(48-25)38-40-21(9-30-45(38,66)24(17-67-30)41(64)65)20(11-37(62)63)26(49-40)13-29(42)47-28/h12,18-24,26,28,30,50,66H,3-11,13-17H2,1-2H3,(H2,46,52)(H,51,53)(H,54,55)(H,56,57)(H,58,59)(H,60,61)(H,62,63)(H,64,65)/b27-12?,39-38+/t18?,19?,20?,21?,22?,23-,24?,26?,28?,30?,42+,43+,44?,45?/m1/s1. The van der Waals surface area contributed by atoms with Crippen LogP contribution in [0.2, 0.25) is 0 Å². The summed E-state index contributed by atoms with van der Waals surface area (Å²) in [7, 11) is 0. The molecule has 362 valence electrons. The first-order chi connectivity index (χ1) is 31.4. The summed E-state index contributed by atoms with van der Waals surface area (Å²) in [6.45, 7) is 3.57. The van der Waals surface area contributed by atoms with E-state index in [1.54, 1.807) is 13.0 Å². The fraction of sp³-hybridized carbons (Fsp3) is 0.667. The third-order valence-corrected chi connectivity index (χ3v) is 18.0. The number of carbonyl (C=O) groups is 8. The zero-order chi connectivity index (χ0) is 48.7. The molecule has 3 saturated heterocycles. The Labute approximate surface area is 387 Å². The Morgan fingerprint density at radius 2 is 1.49 bits per heavy atom. The smallest absolute Gasteiger partial charge is 0.310 e. The van der Waals surface area contributed by atoms with E-state index in [0.717, 1.165) is 0 Å². The summed E-state index contributed by atoms with van der Waals surface area (Å²) in [6, 6.07) is -1.74. The molecule has 2 amide bonds. The van der Waals surface area contributed by atoms with Gasteiger partial charge in [0.25, 0.3) is 0 Å². The van der Waals surface area contributed by atoms with Crippen LogP contribution in [0.4, 0.5) is 0 Å². The summed E-state index contributed by atoms with van der Waals surface area (Å²) >= 11 is 1.19. The average Bonchev–Trinajstić information content (AvgIpc) is 3.97. The van der Waals surface area contributed by atoms with Crippen molar-refractivity contribution < 1.29 is 74.1 Å². The second-order valence-electron chi connectivity index (χ2n) is 20.2. The number of nitrogens with one attached hydrogen (secondary N) is 2. The maximum atomic E-state index is 13.7. The van der Waals surface area contributed by atoms with Crippen LogP contribution in [-0.2, 0) is 38.4 Å². The number of carboxylic acids is 6. The number of nitrogens with zero attached hydrogens (tertiary/aromatic N) is 3. The molecule has 8 rings (SSSR count). The van der Waals surface area contributed by atoms with Gasteiger partial charge in [-0.2, -0.15) is 11.8 Å². The number of rotatable bonds is 16. The van der Waals surface area contributed by atoms with E-state index in [-0.39, 0.29) is 98.6 Å². The minimum absolute atomic E-state index is 0.00271. The largest absolute Gasteiger partial charge is 0.481 e. The highest BCUT2D eigenvalue weighted by Crippen LogP contribution is 2.61. The topological polar surface area (TPSA) is 365 Å². The molecule has 0 aromatic rings. The second kappa shape index (κ2) is 17.2. The minimum Gasteiger partial charge on any atom is -0.481 e. The molecule has 11 N–H and O–H groups in total. The number of nitrogens with two attached hydrogens (primary N) is 1. The SMILES string of the molecule is C[C@@]12CC(=O)NC13CC1N=C(CC4N=C5/C(=C6\N=C(C=C(N3)[C@H]2CCC(=O)O)C(CC(=O)O)C6CCC(=O)O)C2(O)C(CC5C4CC(=O)O)SCC2C(=O)O)[C@@](C)(CC(N)=O)C1CCC(=O)O. The maximum Gasteiger partial charge on any atom is 0.310 e. The van der Waals surface area contributed by atoms with Crippen LogP contribution in [0.3, 0.4) is 0 Å². The van der Waals surface area contributed by atoms with Crippen LogP contribution in [-0.4, -0.2) is 135 Å². The van der Waals surface area contributed by atoms with Crippen LogP contribution in [0.1, 0.15) is 97.3 Å². The van der Waals surface area contributed by atoms with Gasteiger partial charge in [0.2, 0.25) is 11.8 Å². The van der Waals surface area contributed by atoms with Crippen molar-refractivity contribution in [2.45, 2.75) is 126 Å². The number of aliphatic hydroxyl groups is 1. The van der Waals surface area contributed by atoms with E-state index in [2.05, 4.69) is 10.6 Å². The lowest BCUT2D eigenvalue weighted by atomic mass is 9.62. The molecule has 22 heteroatoms. The van der Waals surface area contributed by atoms with Crippen molar-refractivity contribution in [1.29, 1.82) is 0 Å². The lowest BCUT2D eigenvalue weighted by Gasteiger charge is -2.44. The number of carbonyl (C=O) groups excluding carboxylic acids is 2. The molecule has 67 heavy (non-hydrogen) atoms. The first-order valence-corrected chi connectivity index (χ1v) is 23.7. The molecule has 1 spiro atoms. The Balaban J connectivity index is 1.46. The van der Waals surface area contributed by atoms with Crippen molar-refractivity contribution >= 4 is 76.5 Å².